The van der Waals surface area contributed by atoms with Crippen molar-refractivity contribution in [1.29, 1.82) is 0 Å². The van der Waals surface area contributed by atoms with Gasteiger partial charge >= 0.3 is 0 Å². The van der Waals surface area contributed by atoms with E-state index < -0.39 is 0 Å². The number of rotatable bonds is 7. The number of nitrogens with zero attached hydrogens (tertiary/aromatic N) is 2. The number of fused-ring (bicyclic) bond motifs is 1. The number of oxazole rings is 1. The molecule has 3 aromatic rings. The molecule has 0 radical (unpaired) electrons. The highest BCUT2D eigenvalue weighted by molar-refractivity contribution is 5.92. The number of hydrogen-bond acceptors (Lipinski definition) is 6. The van der Waals surface area contributed by atoms with Crippen LogP contribution in [0.4, 0.5) is 0 Å². The lowest BCUT2D eigenvalue weighted by Crippen LogP contribution is -2.35. The Kier molecular flexibility index (Phi) is 5.25. The predicted octanol–water partition coefficient (Wildman–Crippen LogP) is 2.57. The average molecular weight is 341 g/mol. The first kappa shape index (κ1) is 16.9. The molecule has 0 fully saturated rings. The van der Waals surface area contributed by atoms with Gasteiger partial charge in [-0.3, -0.25) is 9.78 Å². The van der Waals surface area contributed by atoms with Gasteiger partial charge in [0.05, 0.1) is 12.1 Å². The van der Waals surface area contributed by atoms with Crippen LogP contribution in [0.25, 0.3) is 10.9 Å². The monoisotopic (exact) mass is 341 g/mol. The van der Waals surface area contributed by atoms with Gasteiger partial charge in [-0.05, 0) is 31.2 Å². The molecule has 2 aromatic heterocycles. The molecule has 1 atom stereocenters. The summed E-state index contributed by atoms with van der Waals surface area (Å²) in [7, 11) is 1.58. The highest BCUT2D eigenvalue weighted by Crippen LogP contribution is 2.19. The number of pyridine rings is 1. The zero-order valence-corrected chi connectivity index (χ0v) is 14.1. The molecule has 7 heteroatoms. The summed E-state index contributed by atoms with van der Waals surface area (Å²) in [5.41, 5.74) is 1.11. The summed E-state index contributed by atoms with van der Waals surface area (Å²) in [4.78, 5) is 20.4. The van der Waals surface area contributed by atoms with Crippen LogP contribution >= 0.6 is 0 Å². The molecule has 0 spiro atoms. The molecule has 25 heavy (non-hydrogen) atoms. The molecule has 3 rings (SSSR count). The van der Waals surface area contributed by atoms with Crippen LogP contribution < -0.4 is 10.1 Å². The van der Waals surface area contributed by atoms with E-state index in [4.69, 9.17) is 13.9 Å². The molecule has 1 unspecified atom stereocenters. The summed E-state index contributed by atoms with van der Waals surface area (Å²) in [6.45, 7) is 2.41. The Hall–Kier alpha value is -2.93. The molecule has 0 aliphatic heterocycles. The standard InChI is InChI=1S/C18H19N3O4/c1-12(9-23-2)20-18(22)16-10-25-17(21-16)11-24-14-5-6-15-13(8-14)4-3-7-19-15/h3-8,10,12H,9,11H2,1-2H3,(H,20,22). The SMILES string of the molecule is COCC(C)NC(=O)c1coc(COc2ccc3ncccc3c2)n1. The number of ether oxygens (including phenoxy) is 2. The Bertz CT molecular complexity index is 862. The third-order valence-electron chi connectivity index (χ3n) is 3.52. The maximum absolute atomic E-state index is 12.0. The number of hydrogen-bond donors (Lipinski definition) is 1. The van der Waals surface area contributed by atoms with Crippen molar-refractivity contribution in [2.24, 2.45) is 0 Å². The number of carbonyl (C=O) groups is 1. The quantitative estimate of drug-likeness (QED) is 0.711. The number of benzene rings is 1. The maximum Gasteiger partial charge on any atom is 0.273 e. The van der Waals surface area contributed by atoms with Gasteiger partial charge in [0.15, 0.2) is 12.3 Å². The maximum atomic E-state index is 12.0. The topological polar surface area (TPSA) is 86.5 Å². The molecule has 0 saturated heterocycles. The first-order chi connectivity index (χ1) is 12.2. The van der Waals surface area contributed by atoms with Gasteiger partial charge in [0.2, 0.25) is 5.89 Å². The van der Waals surface area contributed by atoms with E-state index in [1.165, 1.54) is 6.26 Å². The van der Waals surface area contributed by atoms with E-state index in [1.807, 2.05) is 37.3 Å². The van der Waals surface area contributed by atoms with Crippen molar-refractivity contribution in [1.82, 2.24) is 15.3 Å². The van der Waals surface area contributed by atoms with Crippen LogP contribution in [0.15, 0.2) is 47.2 Å². The second-order valence-electron chi connectivity index (χ2n) is 5.60. The minimum Gasteiger partial charge on any atom is -0.484 e. The van der Waals surface area contributed by atoms with Crippen LogP contribution in [0.1, 0.15) is 23.3 Å². The summed E-state index contributed by atoms with van der Waals surface area (Å²) in [6.07, 6.45) is 3.06. The van der Waals surface area contributed by atoms with E-state index >= 15 is 0 Å². The van der Waals surface area contributed by atoms with Crippen molar-refractivity contribution >= 4 is 16.8 Å². The fourth-order valence-corrected chi connectivity index (χ4v) is 2.36. The lowest BCUT2D eigenvalue weighted by atomic mass is 10.2. The number of methoxy groups -OCH3 is 1. The summed E-state index contributed by atoms with van der Waals surface area (Å²) in [5, 5.41) is 3.76. The lowest BCUT2D eigenvalue weighted by Gasteiger charge is -2.10. The normalized spacial score (nSPS) is 12.1. The van der Waals surface area contributed by atoms with Gasteiger partial charge in [-0.1, -0.05) is 6.07 Å². The highest BCUT2D eigenvalue weighted by atomic mass is 16.5. The molecule has 7 nitrogen and oxygen atoms in total. The smallest absolute Gasteiger partial charge is 0.273 e. The Balaban J connectivity index is 1.60. The van der Waals surface area contributed by atoms with Crippen molar-refractivity contribution in [3.05, 3.63) is 54.4 Å². The van der Waals surface area contributed by atoms with Gasteiger partial charge in [0.25, 0.3) is 5.91 Å². The zero-order valence-electron chi connectivity index (χ0n) is 14.1. The molecule has 1 amide bonds. The van der Waals surface area contributed by atoms with Gasteiger partial charge in [-0.15, -0.1) is 0 Å². The summed E-state index contributed by atoms with van der Waals surface area (Å²) in [5.74, 6) is 0.700. The molecule has 1 N–H and O–H groups in total. The van der Waals surface area contributed by atoms with Crippen molar-refractivity contribution < 1.29 is 18.7 Å². The Morgan fingerprint density at radius 3 is 3.08 bits per heavy atom. The minimum atomic E-state index is -0.309. The molecular weight excluding hydrogens is 322 g/mol. The highest BCUT2D eigenvalue weighted by Gasteiger charge is 2.15. The summed E-state index contributed by atoms with van der Waals surface area (Å²) in [6, 6.07) is 9.33. The number of amides is 1. The second-order valence-corrected chi connectivity index (χ2v) is 5.60. The van der Waals surface area contributed by atoms with Crippen LogP contribution in [0.5, 0.6) is 5.75 Å². The van der Waals surface area contributed by atoms with Gasteiger partial charge < -0.3 is 19.2 Å². The molecule has 0 aliphatic carbocycles. The van der Waals surface area contributed by atoms with Gasteiger partial charge in [-0.2, -0.15) is 0 Å². The Morgan fingerprint density at radius 2 is 2.24 bits per heavy atom. The van der Waals surface area contributed by atoms with Crippen LogP contribution in [0.2, 0.25) is 0 Å². The number of aromatic nitrogens is 2. The fraction of sp³-hybridized carbons (Fsp3) is 0.278. The van der Waals surface area contributed by atoms with Gasteiger partial charge in [0, 0.05) is 24.7 Å². The molecule has 0 aliphatic rings. The van der Waals surface area contributed by atoms with E-state index in [2.05, 4.69) is 15.3 Å². The van der Waals surface area contributed by atoms with E-state index in [-0.39, 0.29) is 24.2 Å². The summed E-state index contributed by atoms with van der Waals surface area (Å²) < 4.78 is 16.0. The largest absolute Gasteiger partial charge is 0.484 e. The molecule has 130 valence electrons. The molecule has 0 bridgehead atoms. The number of carbonyl (C=O) groups excluding carboxylic acids is 1. The molecule has 2 heterocycles. The van der Waals surface area contributed by atoms with Crippen LogP contribution in [0, 0.1) is 0 Å². The third-order valence-corrected chi connectivity index (χ3v) is 3.52. The van der Waals surface area contributed by atoms with Crippen molar-refractivity contribution in [2.75, 3.05) is 13.7 Å². The Labute approximate surface area is 145 Å². The van der Waals surface area contributed by atoms with E-state index in [1.54, 1.807) is 13.3 Å². The van der Waals surface area contributed by atoms with Crippen LogP contribution in [-0.2, 0) is 11.3 Å². The number of nitrogens with one attached hydrogen (secondary N) is 1. The minimum absolute atomic E-state index is 0.111. The van der Waals surface area contributed by atoms with E-state index in [0.717, 1.165) is 10.9 Å². The molecule has 1 aromatic carbocycles. The van der Waals surface area contributed by atoms with E-state index in [0.29, 0.717) is 18.2 Å². The average Bonchev–Trinajstić information content (AvgIpc) is 3.09. The predicted molar refractivity (Wildman–Crippen MR) is 91.4 cm³/mol. The van der Waals surface area contributed by atoms with Crippen molar-refractivity contribution in [3.63, 3.8) is 0 Å². The second kappa shape index (κ2) is 7.76. The third kappa shape index (κ3) is 4.33. The van der Waals surface area contributed by atoms with Gasteiger partial charge in [-0.25, -0.2) is 4.98 Å². The summed E-state index contributed by atoms with van der Waals surface area (Å²) >= 11 is 0. The van der Waals surface area contributed by atoms with Crippen molar-refractivity contribution in [3.8, 4) is 5.75 Å². The van der Waals surface area contributed by atoms with Gasteiger partial charge in [0.1, 0.15) is 12.0 Å². The zero-order chi connectivity index (χ0) is 17.6. The van der Waals surface area contributed by atoms with Crippen LogP contribution in [0.3, 0.4) is 0 Å². The fourth-order valence-electron chi connectivity index (χ4n) is 2.36. The molecule has 0 saturated carbocycles. The van der Waals surface area contributed by atoms with Crippen LogP contribution in [-0.4, -0.2) is 35.6 Å². The van der Waals surface area contributed by atoms with E-state index in [9.17, 15) is 4.79 Å². The Morgan fingerprint density at radius 1 is 1.36 bits per heavy atom. The van der Waals surface area contributed by atoms with Crippen molar-refractivity contribution in [2.45, 2.75) is 19.6 Å². The molecular formula is C18H19N3O4. The first-order valence-electron chi connectivity index (χ1n) is 7.87. The lowest BCUT2D eigenvalue weighted by molar-refractivity contribution is 0.0900. The first-order valence-corrected chi connectivity index (χ1v) is 7.87.